The van der Waals surface area contributed by atoms with Crippen LogP contribution in [-0.2, 0) is 19.2 Å². The highest BCUT2D eigenvalue weighted by Gasteiger charge is 2.30. The molecule has 0 fully saturated rings. The predicted molar refractivity (Wildman–Crippen MR) is 98.4 cm³/mol. The molecule has 1 aromatic carbocycles. The largest absolute Gasteiger partial charge is 0.504 e. The molecule has 0 bridgehead atoms. The number of carboxylic acid groups (broad SMARTS) is 4. The zero-order valence-corrected chi connectivity index (χ0v) is 16.0. The molecule has 0 amide bonds. The summed E-state index contributed by atoms with van der Waals surface area (Å²) in [4.78, 5) is 39.1. The molecule has 32 heavy (non-hydrogen) atoms. The van der Waals surface area contributed by atoms with Gasteiger partial charge in [0.2, 0.25) is 0 Å². The average Bonchev–Trinajstić information content (AvgIpc) is 2.73. The Hall–Kier alpha value is -3.54. The third-order valence-corrected chi connectivity index (χ3v) is 3.22. The standard InChI is InChI=1S/C8H11NO3.2C4H6O6/c9-4-8(12)5-1-2-6(10)7(11)3-5;2*5-1(3(7)8)2(6)4(9)10/h1-3,8,10-12H,4,9H2;2*1-2,5-6H,(H,7,8)(H,9,10)/t8-;;/m1../s1. The van der Waals surface area contributed by atoms with Crippen molar-refractivity contribution in [3.8, 4) is 11.5 Å². The molecule has 0 radical (unpaired) electrons. The van der Waals surface area contributed by atoms with E-state index in [4.69, 9.17) is 56.8 Å². The van der Waals surface area contributed by atoms with E-state index in [-0.39, 0.29) is 18.0 Å². The Morgan fingerprint density at radius 2 is 0.969 bits per heavy atom. The van der Waals surface area contributed by atoms with Gasteiger partial charge in [-0.15, -0.1) is 0 Å². The average molecular weight is 469 g/mol. The number of hydrogen-bond donors (Lipinski definition) is 12. The minimum Gasteiger partial charge on any atom is -0.504 e. The number of carbonyl (C=O) groups is 4. The number of benzene rings is 1. The molecule has 0 spiro atoms. The lowest BCUT2D eigenvalue weighted by Gasteiger charge is -2.08. The van der Waals surface area contributed by atoms with Crippen molar-refractivity contribution in [2.45, 2.75) is 30.5 Å². The van der Waals surface area contributed by atoms with E-state index in [2.05, 4.69) is 0 Å². The van der Waals surface area contributed by atoms with Crippen LogP contribution in [0.4, 0.5) is 0 Å². The number of nitrogens with two attached hydrogens (primary N) is 1. The fourth-order valence-corrected chi connectivity index (χ4v) is 1.42. The van der Waals surface area contributed by atoms with Gasteiger partial charge >= 0.3 is 23.9 Å². The van der Waals surface area contributed by atoms with Gasteiger partial charge in [0.05, 0.1) is 6.10 Å². The maximum atomic E-state index is 9.77. The molecule has 0 heterocycles. The van der Waals surface area contributed by atoms with Crippen molar-refractivity contribution in [3.05, 3.63) is 23.8 Å². The van der Waals surface area contributed by atoms with Crippen LogP contribution in [0.2, 0.25) is 0 Å². The monoisotopic (exact) mass is 469 g/mol. The summed E-state index contributed by atoms with van der Waals surface area (Å²) in [6.45, 7) is 0.0875. The molecule has 4 unspecified atom stereocenters. The quantitative estimate of drug-likeness (QED) is 0.161. The van der Waals surface area contributed by atoms with Crippen molar-refractivity contribution in [3.63, 3.8) is 0 Å². The van der Waals surface area contributed by atoms with Crippen LogP contribution < -0.4 is 5.73 Å². The summed E-state index contributed by atoms with van der Waals surface area (Å²) in [5.74, 6) is -7.53. The smallest absolute Gasteiger partial charge is 0.335 e. The molecule has 182 valence electrons. The minimum atomic E-state index is -2.27. The number of aromatic hydroxyl groups is 2. The van der Waals surface area contributed by atoms with E-state index >= 15 is 0 Å². The second-order valence-corrected chi connectivity index (χ2v) is 5.63. The van der Waals surface area contributed by atoms with Crippen LogP contribution >= 0.6 is 0 Å². The summed E-state index contributed by atoms with van der Waals surface area (Å²) in [7, 11) is 0. The van der Waals surface area contributed by atoms with Gasteiger partial charge in [-0.25, -0.2) is 19.2 Å². The fourth-order valence-electron chi connectivity index (χ4n) is 1.42. The Bertz CT molecular complexity index is 711. The Balaban J connectivity index is 0. The summed E-state index contributed by atoms with van der Waals surface area (Å²) < 4.78 is 0. The predicted octanol–water partition coefficient (Wildman–Crippen LogP) is -4.16. The lowest BCUT2D eigenvalue weighted by Crippen LogP contribution is -2.39. The first kappa shape index (κ1) is 30.7. The van der Waals surface area contributed by atoms with Crippen LogP contribution in [-0.4, -0.2) is 111 Å². The van der Waals surface area contributed by atoms with E-state index in [9.17, 15) is 24.3 Å². The molecule has 0 aliphatic rings. The Morgan fingerprint density at radius 1 is 0.656 bits per heavy atom. The van der Waals surface area contributed by atoms with Gasteiger partial charge in [0.25, 0.3) is 0 Å². The summed E-state index contributed by atoms with van der Waals surface area (Å²) >= 11 is 0. The molecule has 5 atom stereocenters. The summed E-state index contributed by atoms with van der Waals surface area (Å²) in [6.07, 6.45) is -9.86. The minimum absolute atomic E-state index is 0.0875. The van der Waals surface area contributed by atoms with Crippen molar-refractivity contribution >= 4 is 23.9 Å². The first-order chi connectivity index (χ1) is 14.6. The molecule has 0 saturated heterocycles. The molecule has 0 aromatic heterocycles. The molecular weight excluding hydrogens is 446 g/mol. The molecule has 1 aromatic rings. The van der Waals surface area contributed by atoms with Crippen molar-refractivity contribution in [2.75, 3.05) is 6.54 Å². The Kier molecular flexibility index (Phi) is 13.9. The highest BCUT2D eigenvalue weighted by molar-refractivity contribution is 5.83. The number of aliphatic hydroxyl groups excluding tert-OH is 5. The molecule has 0 aliphatic carbocycles. The number of aliphatic carboxylic acids is 4. The van der Waals surface area contributed by atoms with Crippen LogP contribution in [0.3, 0.4) is 0 Å². The van der Waals surface area contributed by atoms with Crippen molar-refractivity contribution in [2.24, 2.45) is 5.73 Å². The molecule has 16 heteroatoms. The van der Waals surface area contributed by atoms with Gasteiger partial charge < -0.3 is 61.9 Å². The highest BCUT2D eigenvalue weighted by atomic mass is 16.4. The van der Waals surface area contributed by atoms with Crippen LogP contribution in [0.25, 0.3) is 0 Å². The van der Waals surface area contributed by atoms with E-state index in [1.165, 1.54) is 18.2 Å². The van der Waals surface area contributed by atoms with Crippen molar-refractivity contribution in [1.82, 2.24) is 0 Å². The number of aliphatic hydroxyl groups is 5. The first-order valence-electron chi connectivity index (χ1n) is 8.11. The summed E-state index contributed by atoms with van der Waals surface area (Å²) in [5.41, 5.74) is 5.69. The maximum absolute atomic E-state index is 9.77. The van der Waals surface area contributed by atoms with Crippen LogP contribution in [0.1, 0.15) is 11.7 Å². The van der Waals surface area contributed by atoms with Crippen LogP contribution in [0, 0.1) is 0 Å². The van der Waals surface area contributed by atoms with Gasteiger partial charge in [0.15, 0.2) is 35.9 Å². The van der Waals surface area contributed by atoms with E-state index in [1.807, 2.05) is 0 Å². The summed E-state index contributed by atoms with van der Waals surface area (Å²) in [5, 5.41) is 92.3. The van der Waals surface area contributed by atoms with Gasteiger partial charge in [-0.2, -0.15) is 0 Å². The molecular formula is C16H23NO15. The normalized spacial score (nSPS) is 14.7. The SMILES string of the molecule is NC[C@@H](O)c1ccc(O)c(O)c1.O=C(O)C(O)C(O)C(=O)O.O=C(O)C(O)C(O)C(=O)O. The zero-order chi connectivity index (χ0) is 25.8. The van der Waals surface area contributed by atoms with Gasteiger partial charge in [-0.1, -0.05) is 6.07 Å². The number of phenols is 2. The molecule has 0 saturated carbocycles. The molecule has 0 aliphatic heterocycles. The molecule has 13 N–H and O–H groups in total. The van der Waals surface area contributed by atoms with Crippen molar-refractivity contribution < 1.29 is 75.3 Å². The van der Waals surface area contributed by atoms with Crippen LogP contribution in [0.15, 0.2) is 18.2 Å². The Labute approximate surface area is 178 Å². The third-order valence-electron chi connectivity index (χ3n) is 3.22. The highest BCUT2D eigenvalue weighted by Crippen LogP contribution is 2.27. The first-order valence-corrected chi connectivity index (χ1v) is 8.11. The lowest BCUT2D eigenvalue weighted by atomic mass is 10.1. The van der Waals surface area contributed by atoms with Gasteiger partial charge in [-0.3, -0.25) is 0 Å². The molecule has 16 nitrogen and oxygen atoms in total. The second kappa shape index (κ2) is 14.5. The number of phenolic OH excluding ortho intramolecular Hbond substituents is 2. The molecule has 1 rings (SSSR count). The second-order valence-electron chi connectivity index (χ2n) is 5.63. The van der Waals surface area contributed by atoms with E-state index in [0.29, 0.717) is 5.56 Å². The van der Waals surface area contributed by atoms with E-state index in [1.54, 1.807) is 0 Å². The number of carboxylic acids is 4. The Morgan fingerprint density at radius 3 is 1.19 bits per heavy atom. The third kappa shape index (κ3) is 11.0. The van der Waals surface area contributed by atoms with Gasteiger partial charge in [0.1, 0.15) is 0 Å². The lowest BCUT2D eigenvalue weighted by molar-refractivity contribution is -0.165. The van der Waals surface area contributed by atoms with Crippen molar-refractivity contribution in [1.29, 1.82) is 0 Å². The van der Waals surface area contributed by atoms with E-state index in [0.717, 1.165) is 0 Å². The summed E-state index contributed by atoms with van der Waals surface area (Å²) in [6, 6.07) is 4.10. The van der Waals surface area contributed by atoms with E-state index < -0.39 is 54.4 Å². The fraction of sp³-hybridized carbons (Fsp3) is 0.375. The zero-order valence-electron chi connectivity index (χ0n) is 16.0. The topological polar surface area (TPSA) is 317 Å². The number of rotatable bonds is 8. The maximum Gasteiger partial charge on any atom is 0.335 e. The van der Waals surface area contributed by atoms with Crippen LogP contribution in [0.5, 0.6) is 11.5 Å². The van der Waals surface area contributed by atoms with Gasteiger partial charge in [-0.05, 0) is 17.7 Å². The number of hydrogen-bond acceptors (Lipinski definition) is 12. The van der Waals surface area contributed by atoms with Gasteiger partial charge in [0, 0.05) is 6.54 Å².